The van der Waals surface area contributed by atoms with E-state index in [0.29, 0.717) is 45.7 Å². The van der Waals surface area contributed by atoms with E-state index in [4.69, 9.17) is 4.74 Å². The Morgan fingerprint density at radius 1 is 1.08 bits per heavy atom. The minimum atomic E-state index is -0.747. The van der Waals surface area contributed by atoms with Crippen LogP contribution >= 0.6 is 0 Å². The van der Waals surface area contributed by atoms with E-state index in [1.807, 2.05) is 0 Å². The van der Waals surface area contributed by atoms with Gasteiger partial charge in [0.1, 0.15) is 11.6 Å². The number of amides is 2. The molecule has 7 heteroatoms. The second-order valence-corrected chi connectivity index (χ2v) is 6.15. The molecule has 1 unspecified atom stereocenters. The number of nitrogens with zero attached hydrogens (tertiary/aromatic N) is 2. The van der Waals surface area contributed by atoms with Crippen molar-refractivity contribution in [3.63, 3.8) is 0 Å². The van der Waals surface area contributed by atoms with Crippen LogP contribution in [0.25, 0.3) is 0 Å². The lowest BCUT2D eigenvalue weighted by molar-refractivity contribution is -0.141. The molecule has 130 valence electrons. The second-order valence-electron chi connectivity index (χ2n) is 6.15. The van der Waals surface area contributed by atoms with E-state index in [0.717, 1.165) is 18.2 Å². The molecule has 0 radical (unpaired) electrons. The van der Waals surface area contributed by atoms with Gasteiger partial charge >= 0.3 is 0 Å². The minimum Gasteiger partial charge on any atom is -0.378 e. The van der Waals surface area contributed by atoms with Crippen LogP contribution in [0.2, 0.25) is 0 Å². The van der Waals surface area contributed by atoms with Crippen molar-refractivity contribution >= 4 is 11.8 Å². The third-order valence-corrected chi connectivity index (χ3v) is 4.54. The highest BCUT2D eigenvalue weighted by Crippen LogP contribution is 2.22. The van der Waals surface area contributed by atoms with Gasteiger partial charge in [0, 0.05) is 26.2 Å². The molecular weight excluding hydrogens is 318 g/mol. The number of benzene rings is 1. The highest BCUT2D eigenvalue weighted by molar-refractivity contribution is 5.95. The van der Waals surface area contributed by atoms with Gasteiger partial charge in [0.15, 0.2) is 0 Å². The Bertz CT molecular complexity index is 632. The van der Waals surface area contributed by atoms with Gasteiger partial charge in [-0.05, 0) is 31.0 Å². The molecule has 2 amide bonds. The Kier molecular flexibility index (Phi) is 5.08. The van der Waals surface area contributed by atoms with E-state index in [9.17, 15) is 18.4 Å². The molecule has 0 spiro atoms. The third kappa shape index (κ3) is 3.56. The monoisotopic (exact) mass is 338 g/mol. The highest BCUT2D eigenvalue weighted by atomic mass is 19.1. The Morgan fingerprint density at radius 2 is 1.83 bits per heavy atom. The lowest BCUT2D eigenvalue weighted by atomic mass is 9.95. The molecule has 1 aromatic rings. The summed E-state index contributed by atoms with van der Waals surface area (Å²) >= 11 is 0. The maximum Gasteiger partial charge on any atom is 0.256 e. The highest BCUT2D eigenvalue weighted by Gasteiger charge is 2.32. The van der Waals surface area contributed by atoms with Crippen molar-refractivity contribution in [2.75, 3.05) is 39.4 Å². The van der Waals surface area contributed by atoms with Crippen molar-refractivity contribution in [3.05, 3.63) is 35.4 Å². The molecule has 0 saturated carbocycles. The lowest BCUT2D eigenvalue weighted by Gasteiger charge is -2.36. The molecule has 2 aliphatic rings. The summed E-state index contributed by atoms with van der Waals surface area (Å²) in [6.45, 7) is 2.85. The largest absolute Gasteiger partial charge is 0.378 e. The third-order valence-electron chi connectivity index (χ3n) is 4.54. The average molecular weight is 338 g/mol. The first kappa shape index (κ1) is 16.8. The van der Waals surface area contributed by atoms with Gasteiger partial charge in [-0.15, -0.1) is 0 Å². The fourth-order valence-corrected chi connectivity index (χ4v) is 3.24. The van der Waals surface area contributed by atoms with Crippen LogP contribution in [-0.2, 0) is 9.53 Å². The van der Waals surface area contributed by atoms with E-state index in [-0.39, 0.29) is 23.9 Å². The van der Waals surface area contributed by atoms with Gasteiger partial charge in [0.25, 0.3) is 5.91 Å². The summed E-state index contributed by atoms with van der Waals surface area (Å²) < 4.78 is 32.4. The molecule has 1 atom stereocenters. The van der Waals surface area contributed by atoms with Crippen molar-refractivity contribution in [2.24, 2.45) is 5.92 Å². The zero-order valence-corrected chi connectivity index (χ0v) is 13.3. The van der Waals surface area contributed by atoms with Gasteiger partial charge in [-0.3, -0.25) is 9.59 Å². The number of morpholine rings is 1. The molecule has 0 bridgehead atoms. The average Bonchev–Trinajstić information content (AvgIpc) is 2.63. The van der Waals surface area contributed by atoms with Gasteiger partial charge in [0.2, 0.25) is 5.91 Å². The standard InChI is InChI=1S/C17H20F2N2O3/c18-13-3-4-15(19)14(10-13)17(23)21-5-1-2-12(11-21)16(22)20-6-8-24-9-7-20/h3-4,10,12H,1-2,5-9,11H2. The Balaban J connectivity index is 1.69. The number of likely N-dealkylation sites (tertiary alicyclic amines) is 1. The smallest absolute Gasteiger partial charge is 0.256 e. The summed E-state index contributed by atoms with van der Waals surface area (Å²) in [5, 5.41) is 0. The van der Waals surface area contributed by atoms with E-state index in [2.05, 4.69) is 0 Å². The topological polar surface area (TPSA) is 49.9 Å². The molecule has 2 heterocycles. The number of ether oxygens (including phenoxy) is 1. The molecular formula is C17H20F2N2O3. The summed E-state index contributed by atoms with van der Waals surface area (Å²) in [6, 6.07) is 2.83. The predicted molar refractivity (Wildman–Crippen MR) is 82.4 cm³/mol. The molecule has 1 aromatic carbocycles. The summed E-state index contributed by atoms with van der Waals surface area (Å²) in [4.78, 5) is 28.3. The van der Waals surface area contributed by atoms with E-state index in [1.165, 1.54) is 4.90 Å². The maximum atomic E-state index is 13.8. The first-order valence-corrected chi connectivity index (χ1v) is 8.17. The molecule has 0 aromatic heterocycles. The van der Waals surface area contributed by atoms with Gasteiger partial charge in [-0.1, -0.05) is 0 Å². The van der Waals surface area contributed by atoms with Crippen molar-refractivity contribution in [2.45, 2.75) is 12.8 Å². The van der Waals surface area contributed by atoms with Crippen LogP contribution in [0.4, 0.5) is 8.78 Å². The molecule has 3 rings (SSSR count). The molecule has 24 heavy (non-hydrogen) atoms. The van der Waals surface area contributed by atoms with Crippen LogP contribution in [0.3, 0.4) is 0 Å². The lowest BCUT2D eigenvalue weighted by Crippen LogP contribution is -2.49. The molecule has 5 nitrogen and oxygen atoms in total. The van der Waals surface area contributed by atoms with Gasteiger partial charge in [-0.2, -0.15) is 0 Å². The van der Waals surface area contributed by atoms with Crippen molar-refractivity contribution in [3.8, 4) is 0 Å². The number of hydrogen-bond donors (Lipinski definition) is 0. The van der Waals surface area contributed by atoms with E-state index in [1.54, 1.807) is 4.90 Å². The van der Waals surface area contributed by atoms with Crippen molar-refractivity contribution in [1.29, 1.82) is 0 Å². The number of carbonyl (C=O) groups excluding carboxylic acids is 2. The molecule has 2 saturated heterocycles. The zero-order chi connectivity index (χ0) is 17.1. The quantitative estimate of drug-likeness (QED) is 0.824. The Labute approximate surface area is 139 Å². The summed E-state index contributed by atoms with van der Waals surface area (Å²) in [7, 11) is 0. The van der Waals surface area contributed by atoms with Crippen LogP contribution in [-0.4, -0.2) is 61.0 Å². The number of piperidine rings is 1. The normalized spacial score (nSPS) is 21.7. The van der Waals surface area contributed by atoms with Crippen LogP contribution in [0.5, 0.6) is 0 Å². The molecule has 0 aliphatic carbocycles. The second kappa shape index (κ2) is 7.25. The number of rotatable bonds is 2. The van der Waals surface area contributed by atoms with E-state index < -0.39 is 17.5 Å². The van der Waals surface area contributed by atoms with Crippen LogP contribution in [0.15, 0.2) is 18.2 Å². The summed E-state index contributed by atoms with van der Waals surface area (Å²) in [5.74, 6) is -2.25. The first-order chi connectivity index (χ1) is 11.6. The number of halogens is 2. The van der Waals surface area contributed by atoms with Crippen LogP contribution < -0.4 is 0 Å². The van der Waals surface area contributed by atoms with Crippen molar-refractivity contribution in [1.82, 2.24) is 9.80 Å². The first-order valence-electron chi connectivity index (χ1n) is 8.17. The minimum absolute atomic E-state index is 0.00974. The van der Waals surface area contributed by atoms with Gasteiger partial charge < -0.3 is 14.5 Å². The van der Waals surface area contributed by atoms with E-state index >= 15 is 0 Å². The SMILES string of the molecule is O=C(c1cc(F)ccc1F)N1CCCC(C(=O)N2CCOCC2)C1. The predicted octanol–water partition coefficient (Wildman–Crippen LogP) is 1.68. The van der Waals surface area contributed by atoms with Gasteiger partial charge in [-0.25, -0.2) is 8.78 Å². The fraction of sp³-hybridized carbons (Fsp3) is 0.529. The van der Waals surface area contributed by atoms with Crippen LogP contribution in [0, 0.1) is 17.6 Å². The Hall–Kier alpha value is -2.02. The van der Waals surface area contributed by atoms with Crippen molar-refractivity contribution < 1.29 is 23.1 Å². The summed E-state index contributed by atoms with van der Waals surface area (Å²) in [5.41, 5.74) is -0.283. The number of hydrogen-bond acceptors (Lipinski definition) is 3. The van der Waals surface area contributed by atoms with Gasteiger partial charge in [0.05, 0.1) is 24.7 Å². The molecule has 2 aliphatic heterocycles. The Morgan fingerprint density at radius 3 is 2.58 bits per heavy atom. The molecule has 2 fully saturated rings. The van der Waals surface area contributed by atoms with Crippen LogP contribution in [0.1, 0.15) is 23.2 Å². The zero-order valence-electron chi connectivity index (χ0n) is 13.3. The molecule has 0 N–H and O–H groups in total. The fourth-order valence-electron chi connectivity index (χ4n) is 3.24. The number of carbonyl (C=O) groups is 2. The summed E-state index contributed by atoms with van der Waals surface area (Å²) in [6.07, 6.45) is 1.37. The maximum absolute atomic E-state index is 13.8.